The molecule has 0 aromatic carbocycles. The topological polar surface area (TPSA) is 12.0 Å². The number of nitrogens with one attached hydrogen (secondary N) is 1. The standard InChI is InChI=1S/C16H34IN/c1-7-15(18-9-3)10-11-16(6,8-2)12-13(4)14(5)17/h13-15,18H,7-12H2,1-6H3/t13?,14-,15?,16?/m1/s1. The van der Waals surface area contributed by atoms with E-state index in [0.717, 1.165) is 16.4 Å². The summed E-state index contributed by atoms with van der Waals surface area (Å²) in [5.74, 6) is 0.828. The van der Waals surface area contributed by atoms with Crippen molar-refractivity contribution in [3.8, 4) is 0 Å². The zero-order valence-electron chi connectivity index (χ0n) is 13.4. The van der Waals surface area contributed by atoms with Gasteiger partial charge in [-0.1, -0.05) is 70.6 Å². The van der Waals surface area contributed by atoms with Gasteiger partial charge in [-0.2, -0.15) is 0 Å². The molecule has 0 saturated heterocycles. The van der Waals surface area contributed by atoms with E-state index in [1.165, 1.54) is 32.1 Å². The van der Waals surface area contributed by atoms with Crippen LogP contribution in [0.5, 0.6) is 0 Å². The van der Waals surface area contributed by atoms with Gasteiger partial charge in [-0.15, -0.1) is 0 Å². The van der Waals surface area contributed by atoms with Gasteiger partial charge < -0.3 is 5.32 Å². The van der Waals surface area contributed by atoms with Gasteiger partial charge >= 0.3 is 0 Å². The van der Waals surface area contributed by atoms with Crippen molar-refractivity contribution in [1.82, 2.24) is 5.32 Å². The first-order valence-corrected chi connectivity index (χ1v) is 9.00. The molecule has 0 heterocycles. The zero-order chi connectivity index (χ0) is 14.2. The van der Waals surface area contributed by atoms with Crippen LogP contribution in [0.2, 0.25) is 0 Å². The second-order valence-electron chi connectivity index (χ2n) is 6.22. The van der Waals surface area contributed by atoms with Gasteiger partial charge in [-0.05, 0) is 43.6 Å². The Kier molecular flexibility index (Phi) is 9.94. The Morgan fingerprint density at radius 2 is 1.78 bits per heavy atom. The summed E-state index contributed by atoms with van der Waals surface area (Å²) in [4.78, 5) is 0. The van der Waals surface area contributed by atoms with Crippen LogP contribution in [0.3, 0.4) is 0 Å². The Balaban J connectivity index is 4.29. The fraction of sp³-hybridized carbons (Fsp3) is 1.00. The smallest absolute Gasteiger partial charge is 0.0107 e. The summed E-state index contributed by atoms with van der Waals surface area (Å²) in [5.41, 5.74) is 0.529. The highest BCUT2D eigenvalue weighted by Crippen LogP contribution is 2.37. The Morgan fingerprint density at radius 3 is 2.17 bits per heavy atom. The molecule has 0 aliphatic carbocycles. The predicted molar refractivity (Wildman–Crippen MR) is 92.7 cm³/mol. The normalized spacial score (nSPS) is 20.2. The molecular weight excluding hydrogens is 333 g/mol. The molecule has 3 unspecified atom stereocenters. The lowest BCUT2D eigenvalue weighted by Crippen LogP contribution is -2.31. The molecule has 0 radical (unpaired) electrons. The Labute approximate surface area is 129 Å². The molecule has 0 aromatic heterocycles. The summed E-state index contributed by atoms with van der Waals surface area (Å²) in [6.45, 7) is 15.2. The summed E-state index contributed by atoms with van der Waals surface area (Å²) >= 11 is 2.57. The predicted octanol–water partition coefficient (Wildman–Crippen LogP) is 5.42. The molecule has 2 heteroatoms. The zero-order valence-corrected chi connectivity index (χ0v) is 15.5. The van der Waals surface area contributed by atoms with E-state index in [9.17, 15) is 0 Å². The van der Waals surface area contributed by atoms with Gasteiger partial charge in [-0.3, -0.25) is 0 Å². The van der Waals surface area contributed by atoms with Crippen LogP contribution in [-0.2, 0) is 0 Å². The number of rotatable bonds is 10. The highest BCUT2D eigenvalue weighted by atomic mass is 127. The van der Waals surface area contributed by atoms with Gasteiger partial charge in [0.25, 0.3) is 0 Å². The van der Waals surface area contributed by atoms with Crippen LogP contribution in [0.4, 0.5) is 0 Å². The second kappa shape index (κ2) is 9.57. The van der Waals surface area contributed by atoms with E-state index in [1.807, 2.05) is 0 Å². The van der Waals surface area contributed by atoms with Crippen molar-refractivity contribution >= 4 is 22.6 Å². The third kappa shape index (κ3) is 7.32. The quantitative estimate of drug-likeness (QED) is 0.402. The number of alkyl halides is 1. The fourth-order valence-electron chi connectivity index (χ4n) is 2.62. The summed E-state index contributed by atoms with van der Waals surface area (Å²) in [7, 11) is 0. The molecule has 0 fully saturated rings. The van der Waals surface area contributed by atoms with Crippen molar-refractivity contribution in [1.29, 1.82) is 0 Å². The van der Waals surface area contributed by atoms with Crippen LogP contribution in [0.25, 0.3) is 0 Å². The van der Waals surface area contributed by atoms with Crippen molar-refractivity contribution in [2.75, 3.05) is 6.54 Å². The second-order valence-corrected chi connectivity index (χ2v) is 8.19. The van der Waals surface area contributed by atoms with E-state index in [1.54, 1.807) is 0 Å². The number of hydrogen-bond donors (Lipinski definition) is 1. The van der Waals surface area contributed by atoms with Crippen LogP contribution in [0.15, 0.2) is 0 Å². The minimum atomic E-state index is 0.529. The molecule has 0 saturated carbocycles. The van der Waals surface area contributed by atoms with Gasteiger partial charge in [0.15, 0.2) is 0 Å². The van der Waals surface area contributed by atoms with Crippen LogP contribution in [0.1, 0.15) is 73.6 Å². The van der Waals surface area contributed by atoms with Crippen LogP contribution < -0.4 is 5.32 Å². The third-order valence-corrected chi connectivity index (χ3v) is 5.76. The van der Waals surface area contributed by atoms with Gasteiger partial charge in [0.2, 0.25) is 0 Å². The highest BCUT2D eigenvalue weighted by Gasteiger charge is 2.26. The van der Waals surface area contributed by atoms with E-state index >= 15 is 0 Å². The lowest BCUT2D eigenvalue weighted by molar-refractivity contribution is 0.205. The van der Waals surface area contributed by atoms with E-state index < -0.39 is 0 Å². The fourth-order valence-corrected chi connectivity index (χ4v) is 2.88. The largest absolute Gasteiger partial charge is 0.314 e. The Bertz CT molecular complexity index is 205. The van der Waals surface area contributed by atoms with Crippen molar-refractivity contribution < 1.29 is 0 Å². The summed E-state index contributed by atoms with van der Waals surface area (Å²) in [6.07, 6.45) is 6.63. The van der Waals surface area contributed by atoms with E-state index in [2.05, 4.69) is 69.5 Å². The number of halogens is 1. The van der Waals surface area contributed by atoms with Crippen molar-refractivity contribution in [3.63, 3.8) is 0 Å². The van der Waals surface area contributed by atoms with Crippen molar-refractivity contribution in [3.05, 3.63) is 0 Å². The highest BCUT2D eigenvalue weighted by molar-refractivity contribution is 14.1. The molecule has 110 valence electrons. The lowest BCUT2D eigenvalue weighted by atomic mass is 9.74. The van der Waals surface area contributed by atoms with Gasteiger partial charge in [0.1, 0.15) is 0 Å². The molecule has 0 aromatic rings. The Morgan fingerprint density at radius 1 is 1.17 bits per heavy atom. The Hall–Kier alpha value is 0.690. The van der Waals surface area contributed by atoms with E-state index in [-0.39, 0.29) is 0 Å². The molecule has 1 nitrogen and oxygen atoms in total. The molecule has 0 rings (SSSR count). The average molecular weight is 367 g/mol. The van der Waals surface area contributed by atoms with Crippen LogP contribution in [-0.4, -0.2) is 16.5 Å². The van der Waals surface area contributed by atoms with Gasteiger partial charge in [-0.25, -0.2) is 0 Å². The van der Waals surface area contributed by atoms with Gasteiger partial charge in [0, 0.05) is 9.97 Å². The number of hydrogen-bond acceptors (Lipinski definition) is 1. The molecule has 0 aliphatic rings. The minimum Gasteiger partial charge on any atom is -0.314 e. The molecule has 0 aliphatic heterocycles. The minimum absolute atomic E-state index is 0.529. The van der Waals surface area contributed by atoms with E-state index in [0.29, 0.717) is 11.5 Å². The SMILES string of the molecule is CCNC(CC)CCC(C)(CC)CC(C)[C@@H](C)I. The van der Waals surface area contributed by atoms with Crippen molar-refractivity contribution in [2.24, 2.45) is 11.3 Å². The molecule has 0 bridgehead atoms. The first-order valence-electron chi connectivity index (χ1n) is 7.76. The molecule has 0 amide bonds. The molecule has 4 atom stereocenters. The molecular formula is C16H34IN. The maximum absolute atomic E-state index is 3.60. The molecule has 1 N–H and O–H groups in total. The maximum atomic E-state index is 3.60. The van der Waals surface area contributed by atoms with Crippen molar-refractivity contribution in [2.45, 2.75) is 83.6 Å². The van der Waals surface area contributed by atoms with Gasteiger partial charge in [0.05, 0.1) is 0 Å². The maximum Gasteiger partial charge on any atom is 0.0107 e. The molecule has 18 heavy (non-hydrogen) atoms. The first-order chi connectivity index (χ1) is 8.38. The van der Waals surface area contributed by atoms with Crippen LogP contribution >= 0.6 is 22.6 Å². The third-order valence-electron chi connectivity index (χ3n) is 4.53. The molecule has 0 spiro atoms. The average Bonchev–Trinajstić information content (AvgIpc) is 2.34. The summed E-state index contributed by atoms with van der Waals surface area (Å²) < 4.78 is 0.782. The summed E-state index contributed by atoms with van der Waals surface area (Å²) in [6, 6.07) is 0.716. The monoisotopic (exact) mass is 367 g/mol. The summed E-state index contributed by atoms with van der Waals surface area (Å²) in [5, 5.41) is 3.60. The first kappa shape index (κ1) is 18.7. The van der Waals surface area contributed by atoms with Crippen LogP contribution in [0, 0.1) is 11.3 Å². The van der Waals surface area contributed by atoms with E-state index in [4.69, 9.17) is 0 Å². The lowest BCUT2D eigenvalue weighted by Gasteiger charge is -2.33.